The van der Waals surface area contributed by atoms with Crippen LogP contribution in [0.1, 0.15) is 33.1 Å². The summed E-state index contributed by atoms with van der Waals surface area (Å²) in [5.41, 5.74) is -0.652. The number of hydrogen-bond donors (Lipinski definition) is 1. The second-order valence-electron chi connectivity index (χ2n) is 5.33. The van der Waals surface area contributed by atoms with Gasteiger partial charge < -0.3 is 19.6 Å². The largest absolute Gasteiger partial charge is 0.481 e. The third kappa shape index (κ3) is 3.85. The first kappa shape index (κ1) is 16.8. The number of nitrogens with zero attached hydrogens (tertiary/aromatic N) is 2. The minimum atomic E-state index is -0.739. The third-order valence-corrected chi connectivity index (χ3v) is 4.22. The number of likely N-dealkylation sites (N-methyl/N-ethyl adjacent to an activating group) is 1. The van der Waals surface area contributed by atoms with Gasteiger partial charge in [-0.05, 0) is 26.2 Å². The molecule has 0 aromatic heterocycles. The third-order valence-electron chi connectivity index (χ3n) is 4.22. The van der Waals surface area contributed by atoms with E-state index in [-0.39, 0.29) is 6.03 Å². The normalized spacial score (nSPS) is 17.9. The first-order valence-electron chi connectivity index (χ1n) is 7.28. The second-order valence-corrected chi connectivity index (χ2v) is 5.33. The van der Waals surface area contributed by atoms with Crippen LogP contribution in [0, 0.1) is 5.41 Å². The zero-order valence-corrected chi connectivity index (χ0v) is 12.7. The van der Waals surface area contributed by atoms with E-state index < -0.39 is 11.4 Å². The Labute approximate surface area is 120 Å². The summed E-state index contributed by atoms with van der Waals surface area (Å²) in [6.07, 6.45) is 1.68. The van der Waals surface area contributed by atoms with E-state index in [1.165, 1.54) is 0 Å². The van der Waals surface area contributed by atoms with Gasteiger partial charge in [-0.3, -0.25) is 4.79 Å². The maximum absolute atomic E-state index is 12.2. The van der Waals surface area contributed by atoms with Crippen molar-refractivity contribution in [2.24, 2.45) is 5.41 Å². The zero-order chi connectivity index (χ0) is 15.2. The molecule has 1 rings (SSSR count). The number of carboxylic acid groups (broad SMARTS) is 1. The van der Waals surface area contributed by atoms with Crippen molar-refractivity contribution in [3.8, 4) is 0 Å². The fourth-order valence-corrected chi connectivity index (χ4v) is 2.53. The monoisotopic (exact) mass is 286 g/mol. The minimum absolute atomic E-state index is 0.0419. The molecule has 0 bridgehead atoms. The summed E-state index contributed by atoms with van der Waals surface area (Å²) in [5, 5.41) is 9.34. The van der Waals surface area contributed by atoms with Crippen LogP contribution in [0.2, 0.25) is 0 Å². The molecule has 0 unspecified atom stereocenters. The van der Waals surface area contributed by atoms with Gasteiger partial charge in [0, 0.05) is 33.3 Å². The lowest BCUT2D eigenvalue weighted by Gasteiger charge is -2.39. The van der Waals surface area contributed by atoms with Crippen LogP contribution in [0.25, 0.3) is 0 Å². The summed E-state index contributed by atoms with van der Waals surface area (Å²) >= 11 is 0. The number of aliphatic carboxylic acids is 1. The topological polar surface area (TPSA) is 70.1 Å². The lowest BCUT2D eigenvalue weighted by Crippen LogP contribution is -2.50. The average Bonchev–Trinajstić information content (AvgIpc) is 2.46. The second kappa shape index (κ2) is 7.47. The molecule has 0 aromatic rings. The lowest BCUT2D eigenvalue weighted by molar-refractivity contribution is -0.152. The number of carboxylic acids is 1. The molecule has 0 radical (unpaired) electrons. The van der Waals surface area contributed by atoms with Crippen LogP contribution in [0.15, 0.2) is 0 Å². The van der Waals surface area contributed by atoms with E-state index in [0.29, 0.717) is 52.1 Å². The van der Waals surface area contributed by atoms with Crippen LogP contribution in [0.5, 0.6) is 0 Å². The lowest BCUT2D eigenvalue weighted by atomic mass is 9.76. The molecule has 0 saturated carbocycles. The Bertz CT molecular complexity index is 338. The number of carbonyl (C=O) groups excluding carboxylic acids is 1. The van der Waals surface area contributed by atoms with Crippen LogP contribution in [0.3, 0.4) is 0 Å². The molecule has 6 heteroatoms. The van der Waals surface area contributed by atoms with Crippen LogP contribution in [-0.4, -0.2) is 66.8 Å². The van der Waals surface area contributed by atoms with Gasteiger partial charge >= 0.3 is 12.0 Å². The first-order chi connectivity index (χ1) is 9.46. The molecule has 6 nitrogen and oxygen atoms in total. The van der Waals surface area contributed by atoms with E-state index in [1.807, 2.05) is 13.8 Å². The van der Waals surface area contributed by atoms with E-state index in [9.17, 15) is 14.7 Å². The molecule has 1 fully saturated rings. The number of carbonyl (C=O) groups is 2. The van der Waals surface area contributed by atoms with Crippen molar-refractivity contribution in [3.63, 3.8) is 0 Å². The maximum atomic E-state index is 12.2. The van der Waals surface area contributed by atoms with Gasteiger partial charge in [-0.1, -0.05) is 6.92 Å². The first-order valence-corrected chi connectivity index (χ1v) is 7.28. The highest BCUT2D eigenvalue weighted by atomic mass is 16.5. The van der Waals surface area contributed by atoms with Crippen molar-refractivity contribution in [1.29, 1.82) is 0 Å². The van der Waals surface area contributed by atoms with E-state index in [1.54, 1.807) is 16.8 Å². The van der Waals surface area contributed by atoms with Crippen LogP contribution >= 0.6 is 0 Å². The number of piperidine rings is 1. The fourth-order valence-electron chi connectivity index (χ4n) is 2.53. The van der Waals surface area contributed by atoms with E-state index in [2.05, 4.69) is 0 Å². The molecule has 116 valence electrons. The van der Waals surface area contributed by atoms with Gasteiger partial charge in [-0.25, -0.2) is 4.79 Å². The van der Waals surface area contributed by atoms with Gasteiger partial charge in [0.15, 0.2) is 0 Å². The summed E-state index contributed by atoms with van der Waals surface area (Å²) < 4.78 is 5.23. The Hall–Kier alpha value is -1.30. The van der Waals surface area contributed by atoms with Gasteiger partial charge in [-0.2, -0.15) is 0 Å². The Morgan fingerprint density at radius 1 is 1.30 bits per heavy atom. The van der Waals surface area contributed by atoms with E-state index in [4.69, 9.17) is 4.74 Å². The summed E-state index contributed by atoms with van der Waals surface area (Å²) in [5.74, 6) is -0.739. The smallest absolute Gasteiger partial charge is 0.319 e. The van der Waals surface area contributed by atoms with Crippen molar-refractivity contribution in [3.05, 3.63) is 0 Å². The Kier molecular flexibility index (Phi) is 6.26. The zero-order valence-electron chi connectivity index (χ0n) is 12.7. The number of rotatable bonds is 6. The van der Waals surface area contributed by atoms with E-state index in [0.717, 1.165) is 0 Å². The highest BCUT2D eigenvalue weighted by molar-refractivity contribution is 5.77. The Balaban J connectivity index is 2.48. The maximum Gasteiger partial charge on any atom is 0.319 e. The fraction of sp³-hybridized carbons (Fsp3) is 0.857. The minimum Gasteiger partial charge on any atom is -0.481 e. The molecule has 0 aliphatic carbocycles. The summed E-state index contributed by atoms with van der Waals surface area (Å²) in [6.45, 7) is 6.57. The van der Waals surface area contributed by atoms with Gasteiger partial charge in [-0.15, -0.1) is 0 Å². The molecule has 2 amide bonds. The van der Waals surface area contributed by atoms with Crippen molar-refractivity contribution < 1.29 is 19.4 Å². The average molecular weight is 286 g/mol. The number of likely N-dealkylation sites (tertiary alicyclic amines) is 1. The van der Waals surface area contributed by atoms with Crippen LogP contribution < -0.4 is 0 Å². The number of ether oxygens (including phenoxy) is 1. The number of hydrogen-bond acceptors (Lipinski definition) is 3. The van der Waals surface area contributed by atoms with Crippen molar-refractivity contribution in [2.75, 3.05) is 39.9 Å². The highest BCUT2D eigenvalue weighted by Gasteiger charge is 2.41. The number of urea groups is 1. The molecule has 0 aromatic carbocycles. The summed E-state index contributed by atoms with van der Waals surface area (Å²) in [7, 11) is 1.75. The molecular formula is C14H26N2O4. The number of amides is 2. The molecule has 0 spiro atoms. The van der Waals surface area contributed by atoms with Gasteiger partial charge in [0.2, 0.25) is 0 Å². The van der Waals surface area contributed by atoms with Crippen molar-refractivity contribution in [1.82, 2.24) is 9.80 Å². The van der Waals surface area contributed by atoms with Gasteiger partial charge in [0.25, 0.3) is 0 Å². The molecule has 1 saturated heterocycles. The predicted molar refractivity (Wildman–Crippen MR) is 75.7 cm³/mol. The standard InChI is InChI=1S/C14H26N2O4/c1-4-14(12(17)18)6-8-16(9-7-14)13(19)15(3)10-11-20-5-2/h4-11H2,1-3H3,(H,17,18). The van der Waals surface area contributed by atoms with Gasteiger partial charge in [0.1, 0.15) is 0 Å². The van der Waals surface area contributed by atoms with Crippen molar-refractivity contribution >= 4 is 12.0 Å². The van der Waals surface area contributed by atoms with Crippen LogP contribution in [-0.2, 0) is 9.53 Å². The van der Waals surface area contributed by atoms with Crippen molar-refractivity contribution in [2.45, 2.75) is 33.1 Å². The van der Waals surface area contributed by atoms with Crippen LogP contribution in [0.4, 0.5) is 4.79 Å². The molecule has 20 heavy (non-hydrogen) atoms. The quantitative estimate of drug-likeness (QED) is 0.754. The molecule has 1 aliphatic heterocycles. The summed E-state index contributed by atoms with van der Waals surface area (Å²) in [4.78, 5) is 26.9. The molecule has 0 atom stereocenters. The molecular weight excluding hydrogens is 260 g/mol. The predicted octanol–water partition coefficient (Wildman–Crippen LogP) is 1.65. The highest BCUT2D eigenvalue weighted by Crippen LogP contribution is 2.35. The molecule has 1 N–H and O–H groups in total. The van der Waals surface area contributed by atoms with E-state index >= 15 is 0 Å². The SMILES string of the molecule is CCOCCN(C)C(=O)N1CCC(CC)(C(=O)O)CC1. The Morgan fingerprint density at radius 2 is 1.90 bits per heavy atom. The molecule has 1 heterocycles. The summed E-state index contributed by atoms with van der Waals surface area (Å²) in [6, 6.07) is -0.0419. The Morgan fingerprint density at radius 3 is 2.35 bits per heavy atom. The van der Waals surface area contributed by atoms with Gasteiger partial charge in [0.05, 0.1) is 12.0 Å². The molecule has 1 aliphatic rings.